The van der Waals surface area contributed by atoms with E-state index < -0.39 is 0 Å². The second-order valence-electron chi connectivity index (χ2n) is 8.29. The molecular formula is C25H31N3O4. The number of hydrogen-bond acceptors (Lipinski definition) is 7. The number of aromatic nitrogens is 3. The molecule has 2 heterocycles. The summed E-state index contributed by atoms with van der Waals surface area (Å²) >= 11 is 0. The van der Waals surface area contributed by atoms with E-state index in [9.17, 15) is 0 Å². The largest absolute Gasteiger partial charge is 0.493 e. The molecule has 0 radical (unpaired) electrons. The van der Waals surface area contributed by atoms with Crippen LogP contribution < -0.4 is 9.47 Å². The van der Waals surface area contributed by atoms with Gasteiger partial charge in [-0.2, -0.15) is 4.98 Å². The molecule has 0 aliphatic heterocycles. The highest BCUT2D eigenvalue weighted by molar-refractivity contribution is 5.64. The van der Waals surface area contributed by atoms with Crippen LogP contribution in [0.2, 0.25) is 0 Å². The van der Waals surface area contributed by atoms with Gasteiger partial charge in [0.2, 0.25) is 11.7 Å². The lowest BCUT2D eigenvalue weighted by Crippen LogP contribution is -2.04. The third-order valence-corrected chi connectivity index (χ3v) is 6.02. The van der Waals surface area contributed by atoms with Crippen LogP contribution in [-0.2, 0) is 6.42 Å². The van der Waals surface area contributed by atoms with Gasteiger partial charge in [-0.25, -0.2) is 4.98 Å². The first-order valence-corrected chi connectivity index (χ1v) is 11.4. The van der Waals surface area contributed by atoms with E-state index in [2.05, 4.69) is 28.1 Å². The number of benzene rings is 1. The number of rotatable bonds is 9. The van der Waals surface area contributed by atoms with Crippen LogP contribution in [-0.4, -0.2) is 40.6 Å². The SMILES string of the molecule is CCc1cc(-c2noc(-c3cc(OC)nc(C4CCCC4)c3)n2)cc(C)c1OCCCO. The predicted octanol–water partition coefficient (Wildman–Crippen LogP) is 5.10. The lowest BCUT2D eigenvalue weighted by Gasteiger charge is -2.14. The highest BCUT2D eigenvalue weighted by atomic mass is 16.5. The molecule has 1 aromatic carbocycles. The second kappa shape index (κ2) is 10.1. The maximum Gasteiger partial charge on any atom is 0.258 e. The van der Waals surface area contributed by atoms with E-state index in [1.54, 1.807) is 7.11 Å². The highest BCUT2D eigenvalue weighted by Crippen LogP contribution is 2.36. The van der Waals surface area contributed by atoms with Crippen molar-refractivity contribution in [2.45, 2.75) is 58.3 Å². The first-order chi connectivity index (χ1) is 15.6. The number of pyridine rings is 1. The zero-order valence-corrected chi connectivity index (χ0v) is 19.1. The fourth-order valence-electron chi connectivity index (χ4n) is 4.33. The Kier molecular flexibility index (Phi) is 7.05. The van der Waals surface area contributed by atoms with Gasteiger partial charge in [-0.15, -0.1) is 0 Å². The first-order valence-electron chi connectivity index (χ1n) is 11.4. The van der Waals surface area contributed by atoms with Crippen LogP contribution in [0.25, 0.3) is 22.8 Å². The summed E-state index contributed by atoms with van der Waals surface area (Å²) in [5, 5.41) is 13.3. The Morgan fingerprint density at radius 3 is 2.62 bits per heavy atom. The van der Waals surface area contributed by atoms with Gasteiger partial charge in [0.25, 0.3) is 5.89 Å². The number of hydrogen-bond donors (Lipinski definition) is 1. The number of ether oxygens (including phenoxy) is 2. The van der Waals surface area contributed by atoms with E-state index in [0.717, 1.165) is 53.0 Å². The monoisotopic (exact) mass is 437 g/mol. The molecule has 1 aliphatic rings. The standard InChI is InChI=1S/C25H31N3O4/c1-4-17-13-19(12-16(2)23(17)31-11-7-10-29)24-27-25(32-28-24)20-14-21(18-8-5-6-9-18)26-22(15-20)30-3/h12-15,18,29H,4-11H2,1-3H3. The zero-order chi connectivity index (χ0) is 22.5. The maximum atomic E-state index is 9.02. The van der Waals surface area contributed by atoms with Crippen LogP contribution in [0.5, 0.6) is 11.6 Å². The molecule has 1 aliphatic carbocycles. The molecule has 0 amide bonds. The third-order valence-electron chi connectivity index (χ3n) is 6.02. The number of methoxy groups -OCH3 is 1. The van der Waals surface area contributed by atoms with Crippen molar-refractivity contribution in [1.82, 2.24) is 15.1 Å². The van der Waals surface area contributed by atoms with Crippen LogP contribution >= 0.6 is 0 Å². The van der Waals surface area contributed by atoms with Crippen molar-refractivity contribution >= 4 is 0 Å². The van der Waals surface area contributed by atoms with Crippen LogP contribution in [0.15, 0.2) is 28.8 Å². The summed E-state index contributed by atoms with van der Waals surface area (Å²) in [5.74, 6) is 2.89. The van der Waals surface area contributed by atoms with Gasteiger partial charge in [0, 0.05) is 41.8 Å². The molecule has 0 atom stereocenters. The Labute approximate surface area is 188 Å². The fourth-order valence-corrected chi connectivity index (χ4v) is 4.33. The van der Waals surface area contributed by atoms with E-state index in [1.165, 1.54) is 12.8 Å². The molecule has 1 N–H and O–H groups in total. The minimum atomic E-state index is 0.118. The van der Waals surface area contributed by atoms with Crippen LogP contribution in [0.1, 0.15) is 61.8 Å². The molecule has 2 aromatic heterocycles. The molecule has 4 rings (SSSR count). The van der Waals surface area contributed by atoms with Crippen LogP contribution in [0, 0.1) is 6.92 Å². The van der Waals surface area contributed by atoms with E-state index in [1.807, 2.05) is 25.1 Å². The number of nitrogens with zero attached hydrogens (tertiary/aromatic N) is 3. The molecule has 0 unspecified atom stereocenters. The average Bonchev–Trinajstić information content (AvgIpc) is 3.52. The quantitative estimate of drug-likeness (QED) is 0.466. The molecule has 1 saturated carbocycles. The van der Waals surface area contributed by atoms with E-state index in [-0.39, 0.29) is 6.61 Å². The van der Waals surface area contributed by atoms with Gasteiger partial charge in [0.05, 0.1) is 13.7 Å². The molecule has 1 fully saturated rings. The molecule has 170 valence electrons. The molecule has 7 heteroatoms. The Morgan fingerprint density at radius 1 is 1.09 bits per heavy atom. The molecule has 0 spiro atoms. The van der Waals surface area contributed by atoms with Gasteiger partial charge in [-0.05, 0) is 55.5 Å². The minimum Gasteiger partial charge on any atom is -0.493 e. The van der Waals surface area contributed by atoms with Gasteiger partial charge in [0.15, 0.2) is 0 Å². The van der Waals surface area contributed by atoms with Crippen molar-refractivity contribution in [3.05, 3.63) is 41.1 Å². The summed E-state index contributed by atoms with van der Waals surface area (Å²) in [6.45, 7) is 4.71. The number of aliphatic hydroxyl groups is 1. The molecule has 3 aromatic rings. The zero-order valence-electron chi connectivity index (χ0n) is 19.1. The van der Waals surface area contributed by atoms with Crippen molar-refractivity contribution in [3.63, 3.8) is 0 Å². The van der Waals surface area contributed by atoms with Gasteiger partial charge in [0.1, 0.15) is 5.75 Å². The number of aryl methyl sites for hydroxylation is 2. The van der Waals surface area contributed by atoms with Gasteiger partial charge < -0.3 is 19.1 Å². The average molecular weight is 438 g/mol. The lowest BCUT2D eigenvalue weighted by molar-refractivity contribution is 0.232. The van der Waals surface area contributed by atoms with E-state index in [0.29, 0.717) is 36.5 Å². The molecular weight excluding hydrogens is 406 g/mol. The van der Waals surface area contributed by atoms with E-state index in [4.69, 9.17) is 19.1 Å². The van der Waals surface area contributed by atoms with Gasteiger partial charge in [-0.1, -0.05) is 24.9 Å². The topological polar surface area (TPSA) is 90.5 Å². The first kappa shape index (κ1) is 22.3. The van der Waals surface area contributed by atoms with Crippen molar-refractivity contribution in [3.8, 4) is 34.5 Å². The Bertz CT molecular complexity index is 1060. The molecule has 32 heavy (non-hydrogen) atoms. The summed E-state index contributed by atoms with van der Waals surface area (Å²) in [4.78, 5) is 9.34. The third kappa shape index (κ3) is 4.78. The van der Waals surface area contributed by atoms with Crippen LogP contribution in [0.4, 0.5) is 0 Å². The Morgan fingerprint density at radius 2 is 1.91 bits per heavy atom. The summed E-state index contributed by atoms with van der Waals surface area (Å²) in [5.41, 5.74) is 4.84. The van der Waals surface area contributed by atoms with Gasteiger partial charge >= 0.3 is 0 Å². The normalized spacial score (nSPS) is 14.1. The smallest absolute Gasteiger partial charge is 0.258 e. The number of aliphatic hydroxyl groups excluding tert-OH is 1. The summed E-state index contributed by atoms with van der Waals surface area (Å²) in [7, 11) is 1.63. The van der Waals surface area contributed by atoms with E-state index >= 15 is 0 Å². The molecule has 7 nitrogen and oxygen atoms in total. The Hall–Kier alpha value is -2.93. The predicted molar refractivity (Wildman–Crippen MR) is 122 cm³/mol. The molecule has 0 saturated heterocycles. The summed E-state index contributed by atoms with van der Waals surface area (Å²) in [6, 6.07) is 7.96. The molecule has 0 bridgehead atoms. The summed E-state index contributed by atoms with van der Waals surface area (Å²) in [6.07, 6.45) is 6.21. The van der Waals surface area contributed by atoms with Gasteiger partial charge in [-0.3, -0.25) is 0 Å². The fraction of sp³-hybridized carbons (Fsp3) is 0.480. The minimum absolute atomic E-state index is 0.118. The maximum absolute atomic E-state index is 9.02. The summed E-state index contributed by atoms with van der Waals surface area (Å²) < 4.78 is 17.0. The van der Waals surface area contributed by atoms with Crippen molar-refractivity contribution in [2.24, 2.45) is 0 Å². The van der Waals surface area contributed by atoms with Crippen LogP contribution in [0.3, 0.4) is 0 Å². The lowest BCUT2D eigenvalue weighted by atomic mass is 10.0. The van der Waals surface area contributed by atoms with Crippen molar-refractivity contribution in [2.75, 3.05) is 20.3 Å². The second-order valence-corrected chi connectivity index (χ2v) is 8.29. The Balaban J connectivity index is 1.64. The van der Waals surface area contributed by atoms with Crippen molar-refractivity contribution < 1.29 is 19.1 Å². The highest BCUT2D eigenvalue weighted by Gasteiger charge is 2.22. The van der Waals surface area contributed by atoms with Crippen molar-refractivity contribution in [1.29, 1.82) is 0 Å².